The Bertz CT molecular complexity index is 1220. The number of thioether (sulfide) groups is 1. The third kappa shape index (κ3) is 4.79. The number of amides is 2. The van der Waals surface area contributed by atoms with Crippen molar-refractivity contribution in [1.29, 1.82) is 0 Å². The zero-order chi connectivity index (χ0) is 22.8. The molecule has 2 aliphatic rings. The fourth-order valence-electron chi connectivity index (χ4n) is 4.41. The van der Waals surface area contributed by atoms with Gasteiger partial charge in [-0.05, 0) is 74.3 Å². The summed E-state index contributed by atoms with van der Waals surface area (Å²) >= 11 is 1.41. The number of nitrogens with one attached hydrogen (secondary N) is 4. The fraction of sp³-hybridized carbons (Fsp3) is 0.292. The summed E-state index contributed by atoms with van der Waals surface area (Å²) in [4.78, 5) is 27.6. The highest BCUT2D eigenvalue weighted by Crippen LogP contribution is 2.40. The number of aromatic nitrogens is 2. The first-order valence-electron chi connectivity index (χ1n) is 11.0. The van der Waals surface area contributed by atoms with Crippen molar-refractivity contribution >= 4 is 46.2 Å². The first-order valence-corrected chi connectivity index (χ1v) is 11.8. The van der Waals surface area contributed by atoms with E-state index in [2.05, 4.69) is 26.1 Å². The minimum absolute atomic E-state index is 0.149. The van der Waals surface area contributed by atoms with Gasteiger partial charge in [0.25, 0.3) is 5.91 Å². The molecular weight excluding hydrogens is 441 g/mol. The predicted molar refractivity (Wildman–Crippen MR) is 127 cm³/mol. The van der Waals surface area contributed by atoms with E-state index in [0.717, 1.165) is 47.4 Å². The van der Waals surface area contributed by atoms with Crippen LogP contribution in [-0.4, -0.2) is 41.1 Å². The van der Waals surface area contributed by atoms with Crippen molar-refractivity contribution in [2.45, 2.75) is 30.2 Å². The molecule has 3 aromatic rings. The van der Waals surface area contributed by atoms with Gasteiger partial charge in [0.05, 0.1) is 16.1 Å². The van der Waals surface area contributed by atoms with Gasteiger partial charge in [-0.3, -0.25) is 14.7 Å². The number of carbonyl (C=O) groups is 2. The van der Waals surface area contributed by atoms with Crippen LogP contribution in [-0.2, 0) is 9.59 Å². The van der Waals surface area contributed by atoms with Crippen LogP contribution in [0, 0.1) is 11.7 Å². The summed E-state index contributed by atoms with van der Waals surface area (Å²) in [5, 5.41) is 17.6. The lowest BCUT2D eigenvalue weighted by Crippen LogP contribution is -2.46. The monoisotopic (exact) mass is 465 g/mol. The molecule has 1 atom stereocenters. The van der Waals surface area contributed by atoms with E-state index in [-0.39, 0.29) is 36.0 Å². The van der Waals surface area contributed by atoms with E-state index in [4.69, 9.17) is 0 Å². The molecule has 1 saturated heterocycles. The van der Waals surface area contributed by atoms with Crippen molar-refractivity contribution in [2.24, 2.45) is 5.92 Å². The van der Waals surface area contributed by atoms with Gasteiger partial charge >= 0.3 is 0 Å². The van der Waals surface area contributed by atoms with Gasteiger partial charge < -0.3 is 16.0 Å². The van der Waals surface area contributed by atoms with Crippen LogP contribution in [0.1, 0.15) is 25.0 Å². The summed E-state index contributed by atoms with van der Waals surface area (Å²) in [5.74, 6) is -0.580. The van der Waals surface area contributed by atoms with E-state index in [1.54, 1.807) is 0 Å². The molecule has 170 valence electrons. The van der Waals surface area contributed by atoms with Crippen LogP contribution < -0.4 is 16.0 Å². The van der Waals surface area contributed by atoms with E-state index in [0.29, 0.717) is 10.6 Å². The Morgan fingerprint density at radius 2 is 1.94 bits per heavy atom. The summed E-state index contributed by atoms with van der Waals surface area (Å²) in [6.07, 6.45) is 3.73. The molecule has 9 heteroatoms. The summed E-state index contributed by atoms with van der Waals surface area (Å²) in [6.45, 7) is 1.71. The number of rotatable bonds is 6. The molecule has 0 bridgehead atoms. The Morgan fingerprint density at radius 1 is 1.15 bits per heavy atom. The molecule has 0 aliphatic carbocycles. The van der Waals surface area contributed by atoms with Crippen molar-refractivity contribution in [3.63, 3.8) is 0 Å². The average molecular weight is 466 g/mol. The highest BCUT2D eigenvalue weighted by molar-refractivity contribution is 8.04. The predicted octanol–water partition coefficient (Wildman–Crippen LogP) is 3.66. The van der Waals surface area contributed by atoms with Crippen LogP contribution >= 0.6 is 11.8 Å². The summed E-state index contributed by atoms with van der Waals surface area (Å²) in [6, 6.07) is 11.2. The highest BCUT2D eigenvalue weighted by atomic mass is 32.2. The van der Waals surface area contributed by atoms with Crippen LogP contribution in [0.5, 0.6) is 0 Å². The SMILES string of the molecule is O=C(CC(NC(=O)C1=Cc2[nH]nc3cccc(c23)S1)C1CCNCC1)Nc1ccc(F)cc1. The van der Waals surface area contributed by atoms with Crippen LogP contribution in [0.25, 0.3) is 17.0 Å². The number of carbonyl (C=O) groups excluding carboxylic acids is 2. The molecule has 1 unspecified atom stereocenters. The second kappa shape index (κ2) is 9.36. The van der Waals surface area contributed by atoms with E-state index in [1.165, 1.54) is 36.0 Å². The lowest BCUT2D eigenvalue weighted by Gasteiger charge is -2.31. The molecule has 0 radical (unpaired) electrons. The third-order valence-corrected chi connectivity index (χ3v) is 7.18. The Hall–Kier alpha value is -3.17. The van der Waals surface area contributed by atoms with Gasteiger partial charge in [0, 0.05) is 28.4 Å². The van der Waals surface area contributed by atoms with Crippen molar-refractivity contribution in [2.75, 3.05) is 18.4 Å². The number of nitrogens with zero attached hydrogens (tertiary/aromatic N) is 1. The topological polar surface area (TPSA) is 98.9 Å². The van der Waals surface area contributed by atoms with Gasteiger partial charge in [0.1, 0.15) is 5.82 Å². The van der Waals surface area contributed by atoms with Crippen LogP contribution in [0.2, 0.25) is 0 Å². The van der Waals surface area contributed by atoms with E-state index in [1.807, 2.05) is 24.3 Å². The number of hydrogen-bond donors (Lipinski definition) is 4. The van der Waals surface area contributed by atoms with Crippen LogP contribution in [0.4, 0.5) is 10.1 Å². The van der Waals surface area contributed by atoms with Gasteiger partial charge in [-0.2, -0.15) is 5.10 Å². The number of H-pyrrole nitrogens is 1. The zero-order valence-corrected chi connectivity index (χ0v) is 18.7. The minimum atomic E-state index is -0.359. The highest BCUT2D eigenvalue weighted by Gasteiger charge is 2.29. The molecule has 7 nitrogen and oxygen atoms in total. The van der Waals surface area contributed by atoms with Gasteiger partial charge in [-0.15, -0.1) is 0 Å². The summed E-state index contributed by atoms with van der Waals surface area (Å²) < 4.78 is 13.2. The minimum Gasteiger partial charge on any atom is -0.348 e. The zero-order valence-electron chi connectivity index (χ0n) is 17.9. The van der Waals surface area contributed by atoms with E-state index >= 15 is 0 Å². The molecule has 0 saturated carbocycles. The second-order valence-electron chi connectivity index (χ2n) is 8.32. The first kappa shape index (κ1) is 21.7. The Balaban J connectivity index is 1.31. The average Bonchev–Trinajstić information content (AvgIpc) is 3.25. The van der Waals surface area contributed by atoms with Crippen LogP contribution in [0.3, 0.4) is 0 Å². The third-order valence-electron chi connectivity index (χ3n) is 6.09. The van der Waals surface area contributed by atoms with Crippen molar-refractivity contribution in [3.05, 3.63) is 58.9 Å². The molecule has 0 spiro atoms. The van der Waals surface area contributed by atoms with Crippen molar-refractivity contribution < 1.29 is 14.0 Å². The van der Waals surface area contributed by atoms with Gasteiger partial charge in [-0.25, -0.2) is 4.39 Å². The van der Waals surface area contributed by atoms with E-state index < -0.39 is 0 Å². The number of anilines is 1. The lowest BCUT2D eigenvalue weighted by molar-refractivity contribution is -0.119. The maximum Gasteiger partial charge on any atom is 0.258 e. The molecule has 1 aromatic heterocycles. The van der Waals surface area contributed by atoms with Gasteiger partial charge in [-0.1, -0.05) is 17.8 Å². The smallest absolute Gasteiger partial charge is 0.258 e. The number of aromatic amines is 1. The molecule has 1 fully saturated rings. The molecular formula is C24H24FN5O2S. The van der Waals surface area contributed by atoms with Crippen molar-refractivity contribution in [3.8, 4) is 0 Å². The van der Waals surface area contributed by atoms with Gasteiger partial charge in [0.15, 0.2) is 0 Å². The molecule has 2 aromatic carbocycles. The van der Waals surface area contributed by atoms with E-state index in [9.17, 15) is 14.0 Å². The van der Waals surface area contributed by atoms with Crippen molar-refractivity contribution in [1.82, 2.24) is 20.8 Å². The molecule has 5 rings (SSSR count). The molecule has 33 heavy (non-hydrogen) atoms. The molecule has 2 aliphatic heterocycles. The second-order valence-corrected chi connectivity index (χ2v) is 9.41. The molecule has 3 heterocycles. The standard InChI is InChI=1S/C24H24FN5O2S/c25-15-4-6-16(7-5-15)27-22(31)13-18(14-8-10-26-11-9-14)28-24(32)21-12-19-23-17(29-30-19)2-1-3-20(23)33-21/h1-7,12,14,18,26H,8-11,13H2,(H,27,31)(H,28,32)(H,29,30). The lowest BCUT2D eigenvalue weighted by atomic mass is 9.88. The quantitative estimate of drug-likeness (QED) is 0.445. The normalized spacial score (nSPS) is 16.8. The van der Waals surface area contributed by atoms with Gasteiger partial charge in [0.2, 0.25) is 5.91 Å². The van der Waals surface area contributed by atoms with Crippen LogP contribution in [0.15, 0.2) is 52.3 Å². The molecule has 4 N–H and O–H groups in total. The summed E-state index contributed by atoms with van der Waals surface area (Å²) in [7, 11) is 0. The number of halogens is 1. The maximum atomic E-state index is 13.3. The Morgan fingerprint density at radius 3 is 2.73 bits per heavy atom. The molecule has 2 amide bonds. The maximum absolute atomic E-state index is 13.3. The number of hydrogen-bond acceptors (Lipinski definition) is 5. The Labute approximate surface area is 194 Å². The fourth-order valence-corrected chi connectivity index (χ4v) is 5.44. The first-order chi connectivity index (χ1) is 16.1. The number of benzene rings is 2. The Kier molecular flexibility index (Phi) is 6.15. The number of piperidine rings is 1. The largest absolute Gasteiger partial charge is 0.348 e. The summed E-state index contributed by atoms with van der Waals surface area (Å²) in [5.41, 5.74) is 2.22.